The highest BCUT2D eigenvalue weighted by atomic mass is 19.1. The summed E-state index contributed by atoms with van der Waals surface area (Å²) in [6.07, 6.45) is 5.33. The molecule has 6 heteroatoms. The fourth-order valence-corrected chi connectivity index (χ4v) is 3.96. The van der Waals surface area contributed by atoms with Gasteiger partial charge in [0.25, 0.3) is 0 Å². The first-order chi connectivity index (χ1) is 15.3. The lowest BCUT2D eigenvalue weighted by molar-refractivity contribution is 0.628. The van der Waals surface area contributed by atoms with Gasteiger partial charge in [0.05, 0.1) is 16.9 Å². The van der Waals surface area contributed by atoms with E-state index in [4.69, 9.17) is 0 Å². The minimum Gasteiger partial charge on any atom is -0.353 e. The van der Waals surface area contributed by atoms with Crippen LogP contribution in [0.5, 0.6) is 0 Å². The van der Waals surface area contributed by atoms with Gasteiger partial charge in [0.1, 0.15) is 11.5 Å². The zero-order valence-corrected chi connectivity index (χ0v) is 16.3. The van der Waals surface area contributed by atoms with Gasteiger partial charge in [-0.15, -0.1) is 0 Å². The maximum atomic E-state index is 13.4. The quantitative estimate of drug-likeness (QED) is 0.381. The number of nitrogens with one attached hydrogen (secondary N) is 2. The molecule has 5 nitrogen and oxygen atoms in total. The van der Waals surface area contributed by atoms with E-state index in [-0.39, 0.29) is 5.82 Å². The summed E-state index contributed by atoms with van der Waals surface area (Å²) in [5.74, 6) is -0.265. The average Bonchev–Trinajstić information content (AvgIpc) is 3.43. The number of aromatic amines is 2. The summed E-state index contributed by atoms with van der Waals surface area (Å²) in [6, 6.07) is 20.6. The molecule has 148 valence electrons. The largest absolute Gasteiger partial charge is 0.353 e. The smallest absolute Gasteiger partial charge is 0.123 e. The Balaban J connectivity index is 1.51. The van der Waals surface area contributed by atoms with Crippen molar-refractivity contribution < 1.29 is 4.39 Å². The minimum atomic E-state index is -0.265. The molecule has 0 atom stereocenters. The van der Waals surface area contributed by atoms with E-state index in [1.807, 2.05) is 24.3 Å². The summed E-state index contributed by atoms with van der Waals surface area (Å²) in [5.41, 5.74) is 7.51. The predicted octanol–water partition coefficient (Wildman–Crippen LogP) is 5.97. The lowest BCUT2D eigenvalue weighted by Gasteiger charge is -2.02. The van der Waals surface area contributed by atoms with Crippen molar-refractivity contribution >= 4 is 21.8 Å². The normalized spacial score (nSPS) is 11.4. The zero-order chi connectivity index (χ0) is 20.8. The third kappa shape index (κ3) is 2.97. The lowest BCUT2D eigenvalue weighted by atomic mass is 10.0. The molecule has 2 N–H and O–H groups in total. The first kappa shape index (κ1) is 17.5. The molecule has 6 rings (SSSR count). The molecule has 0 aliphatic heterocycles. The van der Waals surface area contributed by atoms with E-state index >= 15 is 0 Å². The number of aromatic nitrogens is 5. The molecule has 31 heavy (non-hydrogen) atoms. The number of hydrogen-bond acceptors (Lipinski definition) is 3. The van der Waals surface area contributed by atoms with Gasteiger partial charge in [0.2, 0.25) is 0 Å². The molecule has 6 aromatic rings. The Kier molecular flexibility index (Phi) is 3.89. The number of nitrogens with zero attached hydrogens (tertiary/aromatic N) is 3. The van der Waals surface area contributed by atoms with Crippen molar-refractivity contribution in [3.8, 4) is 33.8 Å². The van der Waals surface area contributed by atoms with Crippen LogP contribution in [0.25, 0.3) is 55.6 Å². The Morgan fingerprint density at radius 3 is 2.26 bits per heavy atom. The van der Waals surface area contributed by atoms with E-state index in [0.29, 0.717) is 0 Å². The van der Waals surface area contributed by atoms with Crippen molar-refractivity contribution in [2.24, 2.45) is 0 Å². The van der Waals surface area contributed by atoms with Crippen LogP contribution in [-0.4, -0.2) is 25.1 Å². The molecule has 0 amide bonds. The summed E-state index contributed by atoms with van der Waals surface area (Å²) < 4.78 is 13.4. The molecular weight excluding hydrogens is 389 g/mol. The molecule has 0 spiro atoms. The Bertz CT molecular complexity index is 1530. The molecule has 4 aromatic heterocycles. The van der Waals surface area contributed by atoms with Gasteiger partial charge < -0.3 is 4.98 Å². The molecule has 0 radical (unpaired) electrons. The Hall–Kier alpha value is -4.32. The number of H-pyrrole nitrogens is 2. The second-order valence-electron chi connectivity index (χ2n) is 7.38. The Morgan fingerprint density at radius 2 is 1.42 bits per heavy atom. The number of fused-ring (bicyclic) bond motifs is 2. The monoisotopic (exact) mass is 405 g/mol. The summed E-state index contributed by atoms with van der Waals surface area (Å²) in [7, 11) is 0. The number of pyridine rings is 2. The van der Waals surface area contributed by atoms with Crippen LogP contribution >= 0.6 is 0 Å². The Labute approximate surface area is 176 Å². The number of halogens is 1. The van der Waals surface area contributed by atoms with Crippen molar-refractivity contribution in [3.05, 3.63) is 91.1 Å². The topological polar surface area (TPSA) is 70.2 Å². The van der Waals surface area contributed by atoms with Gasteiger partial charge in [-0.2, -0.15) is 5.10 Å². The standard InChI is InChI=1S/C25H16FN5/c26-18-4-1-16(2-5-18)24-20-14-23(29-21(20)9-12-28-24)25-19-13-17(3-6-22(19)30-31-25)15-7-10-27-11-8-15/h1-14,29H,(H,30,31). The second-order valence-corrected chi connectivity index (χ2v) is 7.38. The van der Waals surface area contributed by atoms with Gasteiger partial charge in [-0.3, -0.25) is 15.1 Å². The van der Waals surface area contributed by atoms with Crippen LogP contribution in [0.2, 0.25) is 0 Å². The SMILES string of the molecule is Fc1ccc(-c2nccc3[nH]c(-c4n[nH]c5ccc(-c6ccncc6)cc45)cc23)cc1. The Morgan fingerprint density at radius 1 is 0.645 bits per heavy atom. The molecule has 0 bridgehead atoms. The highest BCUT2D eigenvalue weighted by molar-refractivity contribution is 6.00. The van der Waals surface area contributed by atoms with Crippen molar-refractivity contribution in [1.82, 2.24) is 25.1 Å². The molecule has 0 unspecified atom stereocenters. The number of benzene rings is 2. The van der Waals surface area contributed by atoms with Gasteiger partial charge in [0, 0.05) is 40.4 Å². The van der Waals surface area contributed by atoms with Crippen LogP contribution in [0.1, 0.15) is 0 Å². The third-order valence-electron chi connectivity index (χ3n) is 5.50. The summed E-state index contributed by atoms with van der Waals surface area (Å²) in [5, 5.41) is 9.68. The van der Waals surface area contributed by atoms with Gasteiger partial charge in [-0.25, -0.2) is 4.39 Å². The number of hydrogen-bond donors (Lipinski definition) is 2. The van der Waals surface area contributed by atoms with Gasteiger partial charge in [-0.1, -0.05) is 6.07 Å². The molecular formula is C25H16FN5. The van der Waals surface area contributed by atoms with Gasteiger partial charge in [0.15, 0.2) is 0 Å². The summed E-state index contributed by atoms with van der Waals surface area (Å²) >= 11 is 0. The predicted molar refractivity (Wildman–Crippen MR) is 120 cm³/mol. The molecule has 0 saturated heterocycles. The van der Waals surface area contributed by atoms with Gasteiger partial charge in [-0.05, 0) is 71.8 Å². The van der Waals surface area contributed by atoms with Crippen molar-refractivity contribution in [2.75, 3.05) is 0 Å². The van der Waals surface area contributed by atoms with E-state index in [9.17, 15) is 4.39 Å². The summed E-state index contributed by atoms with van der Waals surface area (Å²) in [6.45, 7) is 0. The molecule has 0 saturated carbocycles. The zero-order valence-electron chi connectivity index (χ0n) is 16.3. The van der Waals surface area contributed by atoms with Crippen molar-refractivity contribution in [3.63, 3.8) is 0 Å². The maximum Gasteiger partial charge on any atom is 0.123 e. The van der Waals surface area contributed by atoms with Crippen LogP contribution in [0.3, 0.4) is 0 Å². The highest BCUT2D eigenvalue weighted by Gasteiger charge is 2.15. The highest BCUT2D eigenvalue weighted by Crippen LogP contribution is 2.34. The number of rotatable bonds is 3. The van der Waals surface area contributed by atoms with E-state index in [2.05, 4.69) is 43.3 Å². The second kappa shape index (κ2) is 6.88. The average molecular weight is 405 g/mol. The molecule has 4 heterocycles. The molecule has 0 fully saturated rings. The molecule has 2 aromatic carbocycles. The van der Waals surface area contributed by atoms with Crippen molar-refractivity contribution in [1.29, 1.82) is 0 Å². The van der Waals surface area contributed by atoms with Crippen LogP contribution in [0, 0.1) is 5.82 Å². The van der Waals surface area contributed by atoms with E-state index in [1.54, 1.807) is 30.7 Å². The fourth-order valence-electron chi connectivity index (χ4n) is 3.96. The van der Waals surface area contributed by atoms with E-state index in [0.717, 1.165) is 55.6 Å². The van der Waals surface area contributed by atoms with E-state index < -0.39 is 0 Å². The first-order valence-corrected chi connectivity index (χ1v) is 9.89. The summed E-state index contributed by atoms with van der Waals surface area (Å²) in [4.78, 5) is 12.1. The van der Waals surface area contributed by atoms with Crippen LogP contribution in [0.4, 0.5) is 4.39 Å². The molecule has 0 aliphatic rings. The fraction of sp³-hybridized carbons (Fsp3) is 0. The third-order valence-corrected chi connectivity index (χ3v) is 5.50. The first-order valence-electron chi connectivity index (χ1n) is 9.89. The van der Waals surface area contributed by atoms with Gasteiger partial charge >= 0.3 is 0 Å². The van der Waals surface area contributed by atoms with Crippen LogP contribution in [0.15, 0.2) is 85.3 Å². The van der Waals surface area contributed by atoms with Crippen LogP contribution in [-0.2, 0) is 0 Å². The minimum absolute atomic E-state index is 0.265. The van der Waals surface area contributed by atoms with E-state index in [1.165, 1.54) is 12.1 Å². The van der Waals surface area contributed by atoms with Crippen LogP contribution < -0.4 is 0 Å². The molecule has 0 aliphatic carbocycles. The lowest BCUT2D eigenvalue weighted by Crippen LogP contribution is -1.84. The van der Waals surface area contributed by atoms with Crippen molar-refractivity contribution in [2.45, 2.75) is 0 Å². The maximum absolute atomic E-state index is 13.4.